The number of hydroxylamine groups is 1. The number of primary amides is 1. The Morgan fingerprint density at radius 2 is 2.11 bits per heavy atom. The maximum absolute atomic E-state index is 9.81. The molecular weight excluding hydrogens is 172 g/mol. The molecule has 6 nitrogen and oxygen atoms in total. The molecule has 9 heavy (non-hydrogen) atoms. The van der Waals surface area contributed by atoms with E-state index in [0.717, 1.165) is 0 Å². The highest BCUT2D eigenvalue weighted by molar-refractivity contribution is 8.09. The smallest absolute Gasteiger partial charge is 0.350 e. The molecule has 0 radical (unpaired) electrons. The predicted molar refractivity (Wildman–Crippen MR) is 28.6 cm³/mol. The molecule has 0 saturated heterocycles. The van der Waals surface area contributed by atoms with E-state index in [9.17, 15) is 13.2 Å². The molecule has 0 aliphatic carbocycles. The van der Waals surface area contributed by atoms with E-state index in [2.05, 4.69) is 20.7 Å². The van der Waals surface area contributed by atoms with E-state index >= 15 is 0 Å². The van der Waals surface area contributed by atoms with Crippen LogP contribution < -0.4 is 11.2 Å². The van der Waals surface area contributed by atoms with Gasteiger partial charge in [-0.3, -0.25) is 0 Å². The Hall–Kier alpha value is -0.530. The summed E-state index contributed by atoms with van der Waals surface area (Å²) in [6, 6.07) is -1.14. The third kappa shape index (κ3) is 7.47. The monoisotopic (exact) mass is 174 g/mol. The van der Waals surface area contributed by atoms with Crippen LogP contribution in [0.2, 0.25) is 0 Å². The number of hydrogen-bond donors (Lipinski definition) is 2. The summed E-state index contributed by atoms with van der Waals surface area (Å²) < 4.78 is 23.1. The molecule has 0 aliphatic rings. The second-order valence-electron chi connectivity index (χ2n) is 0.943. The van der Waals surface area contributed by atoms with Crippen LogP contribution in [-0.4, -0.2) is 14.4 Å². The molecule has 0 saturated carbocycles. The SMILES string of the molecule is NC(=O)NOS(=O)(=O)Cl. The minimum absolute atomic E-state index is 1.14. The Labute approximate surface area is 55.5 Å². The van der Waals surface area contributed by atoms with Crippen molar-refractivity contribution < 1.29 is 17.5 Å². The quantitative estimate of drug-likeness (QED) is 0.417. The first-order valence-corrected chi connectivity index (χ1v) is 3.84. The minimum Gasteiger partial charge on any atom is -0.350 e. The van der Waals surface area contributed by atoms with Crippen molar-refractivity contribution in [3.05, 3.63) is 0 Å². The van der Waals surface area contributed by atoms with Crippen molar-refractivity contribution in [2.24, 2.45) is 5.73 Å². The van der Waals surface area contributed by atoms with Crippen molar-refractivity contribution >= 4 is 26.0 Å². The second kappa shape index (κ2) is 2.85. The largest absolute Gasteiger partial charge is 0.376 e. The number of nitrogens with one attached hydrogen (secondary N) is 1. The summed E-state index contributed by atoms with van der Waals surface area (Å²) in [5.41, 5.74) is 5.71. The van der Waals surface area contributed by atoms with Gasteiger partial charge in [0.1, 0.15) is 0 Å². The third-order valence-electron chi connectivity index (χ3n) is 0.242. The molecule has 0 rings (SSSR count). The summed E-state index contributed by atoms with van der Waals surface area (Å²) in [6.07, 6.45) is 0. The molecule has 0 aliphatic heterocycles. The van der Waals surface area contributed by atoms with E-state index in [1.165, 1.54) is 5.48 Å². The Balaban J connectivity index is 3.67. The predicted octanol–water partition coefficient (Wildman–Crippen LogP) is -0.930. The molecule has 0 atom stereocenters. The zero-order valence-electron chi connectivity index (χ0n) is 4.00. The van der Waals surface area contributed by atoms with E-state index in [-0.39, 0.29) is 0 Å². The lowest BCUT2D eigenvalue weighted by Crippen LogP contribution is -2.30. The highest BCUT2D eigenvalue weighted by atomic mass is 35.7. The molecule has 0 aromatic heterocycles. The van der Waals surface area contributed by atoms with Crippen LogP contribution in [-0.2, 0) is 13.6 Å². The third-order valence-corrected chi connectivity index (χ3v) is 0.713. The number of hydrogen-bond acceptors (Lipinski definition) is 4. The highest BCUT2D eigenvalue weighted by Gasteiger charge is 2.04. The summed E-state index contributed by atoms with van der Waals surface area (Å²) in [5.74, 6) is 0. The van der Waals surface area contributed by atoms with Gasteiger partial charge < -0.3 is 5.73 Å². The molecule has 0 bridgehead atoms. The van der Waals surface area contributed by atoms with Crippen molar-refractivity contribution in [2.45, 2.75) is 0 Å². The van der Waals surface area contributed by atoms with Gasteiger partial charge in [-0.25, -0.2) is 4.79 Å². The van der Waals surface area contributed by atoms with E-state index in [1.54, 1.807) is 0 Å². The van der Waals surface area contributed by atoms with Gasteiger partial charge in [0.2, 0.25) is 0 Å². The van der Waals surface area contributed by atoms with Crippen LogP contribution in [0, 0.1) is 0 Å². The molecular formula is CH3ClN2O4S. The summed E-state index contributed by atoms with van der Waals surface area (Å²) in [5, 5.41) is 0. The number of urea groups is 1. The average molecular weight is 175 g/mol. The van der Waals surface area contributed by atoms with Crippen molar-refractivity contribution in [3.63, 3.8) is 0 Å². The van der Waals surface area contributed by atoms with Crippen LogP contribution in [0.1, 0.15) is 0 Å². The van der Waals surface area contributed by atoms with Crippen LogP contribution in [0.3, 0.4) is 0 Å². The van der Waals surface area contributed by atoms with Gasteiger partial charge in [0.05, 0.1) is 10.7 Å². The molecule has 0 aromatic rings. The molecule has 54 valence electrons. The topological polar surface area (TPSA) is 98.5 Å². The zero-order chi connectivity index (χ0) is 7.49. The minimum atomic E-state index is -4.16. The van der Waals surface area contributed by atoms with E-state index in [4.69, 9.17) is 0 Å². The summed E-state index contributed by atoms with van der Waals surface area (Å²) in [4.78, 5) is 9.71. The van der Waals surface area contributed by atoms with Gasteiger partial charge in [-0.1, -0.05) is 0 Å². The number of amides is 2. The number of carbonyl (C=O) groups excluding carboxylic acids is 1. The van der Waals surface area contributed by atoms with E-state index in [1.807, 2.05) is 0 Å². The number of rotatable bonds is 2. The Morgan fingerprint density at radius 1 is 1.67 bits per heavy atom. The van der Waals surface area contributed by atoms with Gasteiger partial charge in [0.15, 0.2) is 0 Å². The van der Waals surface area contributed by atoms with Gasteiger partial charge in [-0.15, -0.1) is 4.28 Å². The highest BCUT2D eigenvalue weighted by Crippen LogP contribution is 1.93. The molecule has 0 aromatic carbocycles. The zero-order valence-corrected chi connectivity index (χ0v) is 5.57. The first-order valence-electron chi connectivity index (χ1n) is 1.60. The van der Waals surface area contributed by atoms with Crippen LogP contribution in [0.4, 0.5) is 4.79 Å². The number of halogens is 1. The Morgan fingerprint density at radius 3 is 2.22 bits per heavy atom. The van der Waals surface area contributed by atoms with Gasteiger partial charge in [-0.2, -0.15) is 13.9 Å². The lowest BCUT2D eigenvalue weighted by Gasteiger charge is -1.94. The van der Waals surface area contributed by atoms with Crippen molar-refractivity contribution in [1.29, 1.82) is 0 Å². The lowest BCUT2D eigenvalue weighted by molar-refractivity contribution is 0.192. The number of carbonyl (C=O) groups is 1. The van der Waals surface area contributed by atoms with Gasteiger partial charge >= 0.3 is 15.4 Å². The lowest BCUT2D eigenvalue weighted by atomic mass is 11.2. The Bertz CT molecular complexity index is 197. The summed E-state index contributed by atoms with van der Waals surface area (Å²) in [7, 11) is 0.298. The van der Waals surface area contributed by atoms with Gasteiger partial charge in [0.25, 0.3) is 0 Å². The van der Waals surface area contributed by atoms with E-state index in [0.29, 0.717) is 0 Å². The van der Waals surface area contributed by atoms with Crippen LogP contribution >= 0.6 is 10.7 Å². The molecule has 0 unspecified atom stereocenters. The molecule has 0 fully saturated rings. The fourth-order valence-electron chi connectivity index (χ4n) is 0.0908. The van der Waals surface area contributed by atoms with Crippen molar-refractivity contribution in [2.75, 3.05) is 0 Å². The second-order valence-corrected chi connectivity index (χ2v) is 3.03. The van der Waals surface area contributed by atoms with Crippen molar-refractivity contribution in [1.82, 2.24) is 5.48 Å². The van der Waals surface area contributed by atoms with Gasteiger partial charge in [-0.05, 0) is 0 Å². The molecule has 2 amide bonds. The first-order chi connectivity index (χ1) is 3.92. The molecule has 8 heteroatoms. The van der Waals surface area contributed by atoms with Gasteiger partial charge in [0, 0.05) is 0 Å². The van der Waals surface area contributed by atoms with Crippen LogP contribution in [0.25, 0.3) is 0 Å². The first kappa shape index (κ1) is 8.47. The van der Waals surface area contributed by atoms with Crippen LogP contribution in [0.15, 0.2) is 0 Å². The summed E-state index contributed by atoms with van der Waals surface area (Å²) in [6.45, 7) is 0. The fraction of sp³-hybridized carbons (Fsp3) is 0. The maximum Gasteiger partial charge on any atom is 0.376 e. The molecule has 3 N–H and O–H groups in total. The normalized spacial score (nSPS) is 10.8. The average Bonchev–Trinajstić information content (AvgIpc) is 1.59. The Kier molecular flexibility index (Phi) is 2.68. The standard InChI is InChI=1S/CH3ClN2O4S/c2-9(6,7)8-4-1(3)5/h(H3,3,4,5). The fourth-order valence-corrected chi connectivity index (χ4v) is 0.367. The molecule has 0 heterocycles. The van der Waals surface area contributed by atoms with Crippen molar-refractivity contribution in [3.8, 4) is 0 Å². The maximum atomic E-state index is 9.81. The van der Waals surface area contributed by atoms with Crippen LogP contribution in [0.5, 0.6) is 0 Å². The molecule has 0 spiro atoms. The summed E-state index contributed by atoms with van der Waals surface area (Å²) >= 11 is 0. The number of nitrogens with two attached hydrogens (primary N) is 1. The van der Waals surface area contributed by atoms with E-state index < -0.39 is 15.4 Å².